The lowest BCUT2D eigenvalue weighted by molar-refractivity contribution is 0.318. The molecule has 1 N–H and O–H groups in total. The van der Waals surface area contributed by atoms with Crippen molar-refractivity contribution in [2.75, 3.05) is 0 Å². The van der Waals surface area contributed by atoms with Gasteiger partial charge < -0.3 is 5.21 Å². The molecule has 0 aliphatic carbocycles. The number of hydrogen-bond donors (Lipinski definition) is 1. The molecule has 1 heterocycles. The average molecular weight is 226 g/mol. The maximum Gasteiger partial charge on any atom is 0.0911 e. The molecule has 17 heavy (non-hydrogen) atoms. The minimum Gasteiger partial charge on any atom is -0.411 e. The van der Waals surface area contributed by atoms with E-state index in [0.717, 1.165) is 11.1 Å². The zero-order chi connectivity index (χ0) is 12.1. The summed E-state index contributed by atoms with van der Waals surface area (Å²) in [6, 6.07) is 11.8. The summed E-state index contributed by atoms with van der Waals surface area (Å²) in [5.41, 5.74) is 3.87. The fourth-order valence-corrected chi connectivity index (χ4v) is 1.64. The van der Waals surface area contributed by atoms with E-state index in [9.17, 15) is 0 Å². The van der Waals surface area contributed by atoms with Gasteiger partial charge in [0.25, 0.3) is 0 Å². The minimum atomic E-state index is 0.599. The molecule has 0 radical (unpaired) electrons. The van der Waals surface area contributed by atoms with Crippen molar-refractivity contribution >= 4 is 5.71 Å². The first-order valence-electron chi connectivity index (χ1n) is 5.46. The van der Waals surface area contributed by atoms with E-state index in [1.807, 2.05) is 43.3 Å². The van der Waals surface area contributed by atoms with E-state index in [1.54, 1.807) is 12.4 Å². The molecule has 0 bridgehead atoms. The second-order valence-electron chi connectivity index (χ2n) is 3.94. The molecule has 1 aromatic heterocycles. The predicted octanol–water partition coefficient (Wildman–Crippen LogP) is 2.81. The van der Waals surface area contributed by atoms with Gasteiger partial charge in [-0.1, -0.05) is 35.0 Å². The molecule has 2 rings (SSSR count). The molecule has 1 aromatic carbocycles. The number of nitrogens with zero attached hydrogens (tertiary/aromatic N) is 2. The monoisotopic (exact) mass is 226 g/mol. The van der Waals surface area contributed by atoms with Crippen LogP contribution in [0.4, 0.5) is 0 Å². The zero-order valence-electron chi connectivity index (χ0n) is 9.67. The maximum atomic E-state index is 9.08. The summed E-state index contributed by atoms with van der Waals surface area (Å²) in [6.07, 6.45) is 4.07. The van der Waals surface area contributed by atoms with Crippen molar-refractivity contribution in [1.29, 1.82) is 0 Å². The molecule has 0 atom stereocenters. The van der Waals surface area contributed by atoms with Gasteiger partial charge in [-0.3, -0.25) is 4.98 Å². The van der Waals surface area contributed by atoms with Crippen molar-refractivity contribution < 1.29 is 5.21 Å². The van der Waals surface area contributed by atoms with Crippen molar-refractivity contribution in [2.45, 2.75) is 13.3 Å². The highest BCUT2D eigenvalue weighted by Crippen LogP contribution is 2.09. The minimum absolute atomic E-state index is 0.599. The molecule has 0 amide bonds. The number of aromatic nitrogens is 1. The number of hydrogen-bond acceptors (Lipinski definition) is 3. The molecule has 0 saturated carbocycles. The van der Waals surface area contributed by atoms with Gasteiger partial charge in [0.15, 0.2) is 0 Å². The topological polar surface area (TPSA) is 45.5 Å². The van der Waals surface area contributed by atoms with E-state index in [-0.39, 0.29) is 0 Å². The Hall–Kier alpha value is -2.16. The summed E-state index contributed by atoms with van der Waals surface area (Å²) < 4.78 is 0. The van der Waals surface area contributed by atoms with Crippen LogP contribution < -0.4 is 0 Å². The molecular weight excluding hydrogens is 212 g/mol. The number of oxime groups is 1. The van der Waals surface area contributed by atoms with Crippen LogP contribution in [0, 0.1) is 6.92 Å². The highest BCUT2D eigenvalue weighted by Gasteiger charge is 2.05. The predicted molar refractivity (Wildman–Crippen MR) is 67.4 cm³/mol. The Morgan fingerprint density at radius 3 is 2.35 bits per heavy atom. The third-order valence-electron chi connectivity index (χ3n) is 2.63. The van der Waals surface area contributed by atoms with Crippen LogP contribution in [0.25, 0.3) is 0 Å². The third kappa shape index (κ3) is 2.91. The average Bonchev–Trinajstić information content (AvgIpc) is 2.38. The van der Waals surface area contributed by atoms with E-state index in [0.29, 0.717) is 12.1 Å². The second-order valence-corrected chi connectivity index (χ2v) is 3.94. The van der Waals surface area contributed by atoms with Gasteiger partial charge in [0.2, 0.25) is 0 Å². The van der Waals surface area contributed by atoms with Crippen molar-refractivity contribution in [2.24, 2.45) is 5.16 Å². The molecule has 3 heteroatoms. The molecule has 86 valence electrons. The summed E-state index contributed by atoms with van der Waals surface area (Å²) in [5.74, 6) is 0. The Morgan fingerprint density at radius 2 is 1.76 bits per heavy atom. The smallest absolute Gasteiger partial charge is 0.0911 e. The molecule has 0 aliphatic heterocycles. The lowest BCUT2D eigenvalue weighted by Gasteiger charge is -2.05. The molecule has 0 saturated heterocycles. The molecule has 0 aliphatic rings. The summed E-state index contributed by atoms with van der Waals surface area (Å²) in [6.45, 7) is 2.03. The van der Waals surface area contributed by atoms with Crippen LogP contribution in [0.15, 0.2) is 53.9 Å². The van der Waals surface area contributed by atoms with Crippen molar-refractivity contribution in [3.63, 3.8) is 0 Å². The van der Waals surface area contributed by atoms with Crippen LogP contribution in [0.2, 0.25) is 0 Å². The van der Waals surface area contributed by atoms with Gasteiger partial charge in [0.1, 0.15) is 0 Å². The molecule has 2 aromatic rings. The van der Waals surface area contributed by atoms with Gasteiger partial charge >= 0.3 is 0 Å². The van der Waals surface area contributed by atoms with Crippen LogP contribution in [0.3, 0.4) is 0 Å². The number of rotatable bonds is 3. The Bertz CT molecular complexity index is 504. The van der Waals surface area contributed by atoms with Gasteiger partial charge in [0.05, 0.1) is 5.71 Å². The molecule has 0 spiro atoms. The van der Waals surface area contributed by atoms with Crippen LogP contribution in [-0.4, -0.2) is 15.9 Å². The Labute approximate surface area is 100 Å². The summed E-state index contributed by atoms with van der Waals surface area (Å²) in [5, 5.41) is 12.5. The second kappa shape index (κ2) is 5.25. The first-order valence-corrected chi connectivity index (χ1v) is 5.46. The van der Waals surface area contributed by atoms with Gasteiger partial charge in [-0.15, -0.1) is 0 Å². The first kappa shape index (κ1) is 11.3. The van der Waals surface area contributed by atoms with Gasteiger partial charge in [-0.2, -0.15) is 0 Å². The highest BCUT2D eigenvalue weighted by molar-refractivity contribution is 6.01. The molecular formula is C14H14N2O. The van der Waals surface area contributed by atoms with Crippen molar-refractivity contribution in [1.82, 2.24) is 4.98 Å². The summed E-state index contributed by atoms with van der Waals surface area (Å²) in [7, 11) is 0. The van der Waals surface area contributed by atoms with Crippen LogP contribution in [-0.2, 0) is 6.42 Å². The fraction of sp³-hybridized carbons (Fsp3) is 0.143. The van der Waals surface area contributed by atoms with E-state index in [1.165, 1.54) is 5.56 Å². The Kier molecular flexibility index (Phi) is 3.50. The molecule has 3 nitrogen and oxygen atoms in total. The Morgan fingerprint density at radius 1 is 1.12 bits per heavy atom. The van der Waals surface area contributed by atoms with Gasteiger partial charge in [-0.25, -0.2) is 0 Å². The normalized spacial score (nSPS) is 11.5. The van der Waals surface area contributed by atoms with Crippen molar-refractivity contribution in [3.8, 4) is 0 Å². The van der Waals surface area contributed by atoms with Crippen LogP contribution in [0.5, 0.6) is 0 Å². The zero-order valence-corrected chi connectivity index (χ0v) is 9.67. The first-order chi connectivity index (χ1) is 8.29. The van der Waals surface area contributed by atoms with Crippen molar-refractivity contribution in [3.05, 3.63) is 65.5 Å². The number of aryl methyl sites for hydroxylation is 1. The van der Waals surface area contributed by atoms with E-state index in [2.05, 4.69) is 10.1 Å². The van der Waals surface area contributed by atoms with Crippen LogP contribution >= 0.6 is 0 Å². The van der Waals surface area contributed by atoms with E-state index < -0.39 is 0 Å². The summed E-state index contributed by atoms with van der Waals surface area (Å²) in [4.78, 5) is 3.96. The highest BCUT2D eigenvalue weighted by atomic mass is 16.4. The fourth-order valence-electron chi connectivity index (χ4n) is 1.64. The lowest BCUT2D eigenvalue weighted by atomic mass is 10.0. The van der Waals surface area contributed by atoms with Crippen LogP contribution in [0.1, 0.15) is 16.7 Å². The standard InChI is InChI=1S/C14H14N2O/c1-11-2-4-13(5-3-11)14(16-17)10-12-6-8-15-9-7-12/h2-9,17H,10H2,1H3/b16-14-. The SMILES string of the molecule is Cc1ccc(/C(Cc2ccncc2)=N\O)cc1. The van der Waals surface area contributed by atoms with E-state index >= 15 is 0 Å². The van der Waals surface area contributed by atoms with Gasteiger partial charge in [-0.05, 0) is 30.2 Å². The third-order valence-corrected chi connectivity index (χ3v) is 2.63. The maximum absolute atomic E-state index is 9.08. The molecule has 0 unspecified atom stereocenters. The summed E-state index contributed by atoms with van der Waals surface area (Å²) >= 11 is 0. The molecule has 0 fully saturated rings. The number of benzene rings is 1. The quantitative estimate of drug-likeness (QED) is 0.497. The lowest BCUT2D eigenvalue weighted by Crippen LogP contribution is -2.05. The van der Waals surface area contributed by atoms with Gasteiger partial charge in [0, 0.05) is 18.8 Å². The van der Waals surface area contributed by atoms with E-state index in [4.69, 9.17) is 5.21 Å². The Balaban J connectivity index is 2.21. The number of pyridine rings is 1. The largest absolute Gasteiger partial charge is 0.411 e.